The van der Waals surface area contributed by atoms with Crippen LogP contribution in [0.5, 0.6) is 0 Å². The largest absolute Gasteiger partial charge is 0.480 e. The van der Waals surface area contributed by atoms with Crippen molar-refractivity contribution in [1.82, 2.24) is 15.5 Å². The third kappa shape index (κ3) is 5.88. The summed E-state index contributed by atoms with van der Waals surface area (Å²) < 4.78 is 5.18. The average molecular weight is 355 g/mol. The van der Waals surface area contributed by atoms with Gasteiger partial charge in [0.05, 0.1) is 6.10 Å². The van der Waals surface area contributed by atoms with E-state index >= 15 is 0 Å². The lowest BCUT2D eigenvalue weighted by Crippen LogP contribution is -2.43. The average Bonchev–Trinajstić information content (AvgIpc) is 3.04. The maximum Gasteiger partial charge on any atom is 0.326 e. The van der Waals surface area contributed by atoms with Gasteiger partial charge in [-0.15, -0.1) is 0 Å². The molecule has 8 heteroatoms. The number of carboxylic acids is 1. The Morgan fingerprint density at radius 2 is 1.92 bits per heavy atom. The van der Waals surface area contributed by atoms with Crippen LogP contribution in [0.15, 0.2) is 0 Å². The summed E-state index contributed by atoms with van der Waals surface area (Å²) in [6.45, 7) is 0.700. The topological polar surface area (TPSA) is 108 Å². The number of hydrogen-bond donors (Lipinski definition) is 3. The molecule has 1 heterocycles. The highest BCUT2D eigenvalue weighted by Crippen LogP contribution is 2.21. The Kier molecular flexibility index (Phi) is 7.49. The Morgan fingerprint density at radius 3 is 2.56 bits per heavy atom. The molecule has 2 rings (SSSR count). The zero-order valence-corrected chi connectivity index (χ0v) is 14.8. The summed E-state index contributed by atoms with van der Waals surface area (Å²) in [7, 11) is 1.52. The number of methoxy groups -OCH3 is 1. The normalized spacial score (nSPS) is 24.1. The van der Waals surface area contributed by atoms with Gasteiger partial charge in [-0.25, -0.2) is 9.59 Å². The minimum Gasteiger partial charge on any atom is -0.480 e. The van der Waals surface area contributed by atoms with Crippen molar-refractivity contribution in [2.24, 2.45) is 0 Å². The van der Waals surface area contributed by atoms with Crippen molar-refractivity contribution in [3.05, 3.63) is 0 Å². The van der Waals surface area contributed by atoms with Crippen molar-refractivity contribution in [2.45, 2.75) is 69.6 Å². The molecule has 2 fully saturated rings. The van der Waals surface area contributed by atoms with Crippen LogP contribution in [0.2, 0.25) is 0 Å². The minimum atomic E-state index is -1.00. The van der Waals surface area contributed by atoms with Gasteiger partial charge in [0.15, 0.2) is 0 Å². The van der Waals surface area contributed by atoms with Gasteiger partial charge in [0.25, 0.3) is 0 Å². The van der Waals surface area contributed by atoms with E-state index in [-0.39, 0.29) is 30.5 Å². The van der Waals surface area contributed by atoms with E-state index in [2.05, 4.69) is 10.6 Å². The Hall–Kier alpha value is -1.83. The third-order valence-electron chi connectivity index (χ3n) is 4.99. The zero-order valence-electron chi connectivity index (χ0n) is 14.8. The van der Waals surface area contributed by atoms with Crippen LogP contribution in [0, 0.1) is 0 Å². The molecule has 1 saturated carbocycles. The second-order valence-electron chi connectivity index (χ2n) is 6.83. The Balaban J connectivity index is 1.65. The van der Waals surface area contributed by atoms with Crippen LogP contribution in [0.3, 0.4) is 0 Å². The molecule has 25 heavy (non-hydrogen) atoms. The number of nitrogens with zero attached hydrogens (tertiary/aromatic N) is 1. The molecule has 8 nitrogen and oxygen atoms in total. The van der Waals surface area contributed by atoms with Gasteiger partial charge in [-0.2, -0.15) is 0 Å². The lowest BCUT2D eigenvalue weighted by atomic mass is 9.96. The van der Waals surface area contributed by atoms with E-state index in [0.717, 1.165) is 25.7 Å². The molecular formula is C17H29N3O5. The van der Waals surface area contributed by atoms with Crippen LogP contribution >= 0.6 is 0 Å². The van der Waals surface area contributed by atoms with Gasteiger partial charge in [-0.05, 0) is 19.3 Å². The summed E-state index contributed by atoms with van der Waals surface area (Å²) in [5.41, 5.74) is 0. The van der Waals surface area contributed by atoms with Gasteiger partial charge in [0, 0.05) is 39.1 Å². The molecule has 0 radical (unpaired) electrons. The molecule has 142 valence electrons. The monoisotopic (exact) mass is 355 g/mol. The summed E-state index contributed by atoms with van der Waals surface area (Å²) in [5, 5.41) is 15.0. The first-order chi connectivity index (χ1) is 12.0. The predicted octanol–water partition coefficient (Wildman–Crippen LogP) is 1.10. The fourth-order valence-electron chi connectivity index (χ4n) is 3.55. The van der Waals surface area contributed by atoms with Crippen molar-refractivity contribution in [1.29, 1.82) is 0 Å². The van der Waals surface area contributed by atoms with Crippen LogP contribution in [-0.2, 0) is 14.3 Å². The first-order valence-corrected chi connectivity index (χ1v) is 9.10. The molecule has 1 saturated heterocycles. The number of ether oxygens (including phenoxy) is 1. The maximum absolute atomic E-state index is 12.3. The van der Waals surface area contributed by atoms with Crippen molar-refractivity contribution >= 4 is 17.9 Å². The van der Waals surface area contributed by atoms with E-state index in [1.807, 2.05) is 0 Å². The maximum atomic E-state index is 12.3. The lowest BCUT2D eigenvalue weighted by Gasteiger charge is -2.23. The van der Waals surface area contributed by atoms with E-state index in [1.165, 1.54) is 18.4 Å². The Labute approximate surface area is 148 Å². The quantitative estimate of drug-likeness (QED) is 0.593. The lowest BCUT2D eigenvalue weighted by molar-refractivity contribution is -0.148. The SMILES string of the molecule is COC1CC(C(=O)O)N(C(=O)CCCNC(=O)NC2CCCCC2)C1. The number of carboxylic acid groups (broad SMARTS) is 1. The van der Waals surface area contributed by atoms with Crippen LogP contribution < -0.4 is 10.6 Å². The van der Waals surface area contributed by atoms with E-state index in [0.29, 0.717) is 25.9 Å². The second-order valence-corrected chi connectivity index (χ2v) is 6.83. The van der Waals surface area contributed by atoms with Gasteiger partial charge in [-0.1, -0.05) is 19.3 Å². The van der Waals surface area contributed by atoms with Gasteiger partial charge in [0.1, 0.15) is 6.04 Å². The standard InChI is InChI=1S/C17H29N3O5/c1-25-13-10-14(16(22)23)20(11-13)15(21)8-5-9-18-17(24)19-12-6-3-2-4-7-12/h12-14H,2-11H2,1H3,(H,22,23)(H2,18,19,24). The van der Waals surface area contributed by atoms with Crippen molar-refractivity contribution < 1.29 is 24.2 Å². The highest BCUT2D eigenvalue weighted by atomic mass is 16.5. The number of amides is 3. The highest BCUT2D eigenvalue weighted by molar-refractivity contribution is 5.84. The summed E-state index contributed by atoms with van der Waals surface area (Å²) in [6.07, 6.45) is 6.38. The highest BCUT2D eigenvalue weighted by Gasteiger charge is 2.39. The first-order valence-electron chi connectivity index (χ1n) is 9.10. The van der Waals surface area contributed by atoms with Crippen molar-refractivity contribution in [2.75, 3.05) is 20.2 Å². The molecule has 0 aromatic heterocycles. The number of likely N-dealkylation sites (tertiary alicyclic amines) is 1. The van der Waals surface area contributed by atoms with Gasteiger partial charge in [-0.3, -0.25) is 4.79 Å². The third-order valence-corrected chi connectivity index (χ3v) is 4.99. The fraction of sp³-hybridized carbons (Fsp3) is 0.824. The number of carbonyl (C=O) groups is 3. The predicted molar refractivity (Wildman–Crippen MR) is 91.2 cm³/mol. The van der Waals surface area contributed by atoms with E-state index in [1.54, 1.807) is 0 Å². The molecule has 0 aromatic carbocycles. The molecule has 0 spiro atoms. The molecule has 0 bridgehead atoms. The van der Waals surface area contributed by atoms with Crippen LogP contribution in [0.25, 0.3) is 0 Å². The van der Waals surface area contributed by atoms with Gasteiger partial charge < -0.3 is 25.4 Å². The Bertz CT molecular complexity index is 479. The van der Waals surface area contributed by atoms with E-state index in [9.17, 15) is 19.5 Å². The zero-order chi connectivity index (χ0) is 18.2. The van der Waals surface area contributed by atoms with E-state index in [4.69, 9.17) is 4.74 Å². The summed E-state index contributed by atoms with van der Waals surface area (Å²) in [4.78, 5) is 36.7. The number of nitrogens with one attached hydrogen (secondary N) is 2. The first kappa shape index (κ1) is 19.5. The number of aliphatic carboxylic acids is 1. The van der Waals surface area contributed by atoms with Crippen LogP contribution in [0.1, 0.15) is 51.4 Å². The second kappa shape index (κ2) is 9.60. The minimum absolute atomic E-state index is 0.191. The molecule has 1 aliphatic heterocycles. The molecular weight excluding hydrogens is 326 g/mol. The molecule has 0 aromatic rings. The summed E-state index contributed by atoms with van der Waals surface area (Å²) in [5.74, 6) is -1.21. The fourth-order valence-corrected chi connectivity index (χ4v) is 3.55. The Morgan fingerprint density at radius 1 is 1.20 bits per heavy atom. The summed E-state index contributed by atoms with van der Waals surface area (Å²) >= 11 is 0. The molecule has 3 N–H and O–H groups in total. The number of carbonyl (C=O) groups excluding carboxylic acids is 2. The van der Waals surface area contributed by atoms with Crippen LogP contribution in [0.4, 0.5) is 4.79 Å². The smallest absolute Gasteiger partial charge is 0.326 e. The number of hydrogen-bond acceptors (Lipinski definition) is 4. The van der Waals surface area contributed by atoms with Gasteiger partial charge in [0.2, 0.25) is 5.91 Å². The molecule has 2 atom stereocenters. The van der Waals surface area contributed by atoms with Gasteiger partial charge >= 0.3 is 12.0 Å². The van der Waals surface area contributed by atoms with Crippen molar-refractivity contribution in [3.8, 4) is 0 Å². The molecule has 1 aliphatic carbocycles. The van der Waals surface area contributed by atoms with Crippen LogP contribution in [-0.4, -0.2) is 66.3 Å². The molecule has 2 aliphatic rings. The summed E-state index contributed by atoms with van der Waals surface area (Å²) in [6, 6.07) is -0.759. The van der Waals surface area contributed by atoms with Crippen molar-refractivity contribution in [3.63, 3.8) is 0 Å². The number of rotatable bonds is 7. The molecule has 3 amide bonds. The molecule has 2 unspecified atom stereocenters. The number of urea groups is 1. The van der Waals surface area contributed by atoms with E-state index < -0.39 is 12.0 Å².